The maximum atomic E-state index is 5.30. The Labute approximate surface area is 104 Å². The molecule has 2 saturated heterocycles. The number of piperidine rings is 1. The molecule has 0 radical (unpaired) electrons. The van der Waals surface area contributed by atoms with E-state index in [1.54, 1.807) is 0 Å². The number of nitrogens with one attached hydrogen (secondary N) is 2. The molecule has 2 aliphatic heterocycles. The van der Waals surface area contributed by atoms with Gasteiger partial charge in [-0.25, -0.2) is 0 Å². The van der Waals surface area contributed by atoms with Crippen LogP contribution in [-0.4, -0.2) is 19.2 Å². The SMILES string of the molecule is Brc1cccc([C@@H]2C[C@@H]3NOC[C@@H]3CN2)c1. The summed E-state index contributed by atoms with van der Waals surface area (Å²) in [5.74, 6) is 0.628. The predicted octanol–water partition coefficient (Wildman–Crippen LogP) is 2.00. The van der Waals surface area contributed by atoms with Crippen molar-refractivity contribution in [1.29, 1.82) is 0 Å². The van der Waals surface area contributed by atoms with Crippen LogP contribution in [0.15, 0.2) is 28.7 Å². The second-order valence-electron chi connectivity index (χ2n) is 4.55. The third kappa shape index (κ3) is 2.02. The van der Waals surface area contributed by atoms with Crippen LogP contribution in [0, 0.1) is 5.92 Å². The van der Waals surface area contributed by atoms with E-state index in [1.807, 2.05) is 0 Å². The fraction of sp³-hybridized carbons (Fsp3) is 0.500. The van der Waals surface area contributed by atoms with Crippen molar-refractivity contribution in [3.05, 3.63) is 34.3 Å². The molecule has 0 bridgehead atoms. The molecule has 2 N–H and O–H groups in total. The molecule has 0 amide bonds. The van der Waals surface area contributed by atoms with E-state index in [4.69, 9.17) is 4.84 Å². The lowest BCUT2D eigenvalue weighted by Crippen LogP contribution is -2.43. The van der Waals surface area contributed by atoms with E-state index in [1.165, 1.54) is 5.56 Å². The lowest BCUT2D eigenvalue weighted by Gasteiger charge is -2.31. The zero-order chi connectivity index (χ0) is 11.0. The normalized spacial score (nSPS) is 33.7. The Morgan fingerprint density at radius 3 is 3.19 bits per heavy atom. The summed E-state index contributed by atoms with van der Waals surface area (Å²) in [6.07, 6.45) is 1.10. The standard InChI is InChI=1S/C12H15BrN2O/c13-10-3-1-2-8(4-10)11-5-12-9(6-14-11)7-16-15-12/h1-4,9,11-12,14-15H,5-7H2/t9-,11-,12-/m0/s1. The lowest BCUT2D eigenvalue weighted by molar-refractivity contribution is 0.0853. The maximum absolute atomic E-state index is 5.30. The lowest BCUT2D eigenvalue weighted by atomic mass is 9.88. The molecule has 3 nitrogen and oxygen atoms in total. The van der Waals surface area contributed by atoms with Gasteiger partial charge in [0, 0.05) is 29.0 Å². The zero-order valence-corrected chi connectivity index (χ0v) is 10.5. The summed E-state index contributed by atoms with van der Waals surface area (Å²) in [5, 5.41) is 3.59. The van der Waals surface area contributed by atoms with E-state index in [0.717, 1.165) is 24.0 Å². The van der Waals surface area contributed by atoms with Crippen molar-refractivity contribution in [3.63, 3.8) is 0 Å². The van der Waals surface area contributed by atoms with Gasteiger partial charge in [-0.1, -0.05) is 28.1 Å². The number of benzene rings is 1. The smallest absolute Gasteiger partial charge is 0.0738 e. The van der Waals surface area contributed by atoms with Crippen LogP contribution in [0.3, 0.4) is 0 Å². The number of hydroxylamine groups is 1. The Hall–Kier alpha value is -0.420. The molecule has 2 fully saturated rings. The van der Waals surface area contributed by atoms with Crippen molar-refractivity contribution in [2.45, 2.75) is 18.5 Å². The number of fused-ring (bicyclic) bond motifs is 1. The van der Waals surface area contributed by atoms with E-state index >= 15 is 0 Å². The first-order valence-corrected chi connectivity index (χ1v) is 6.48. The minimum Gasteiger partial charge on any atom is -0.309 e. The summed E-state index contributed by atoms with van der Waals surface area (Å²) in [6.45, 7) is 1.87. The molecule has 0 unspecified atom stereocenters. The average Bonchev–Trinajstić information content (AvgIpc) is 2.75. The highest BCUT2D eigenvalue weighted by Crippen LogP contribution is 2.29. The van der Waals surface area contributed by atoms with Crippen molar-refractivity contribution < 1.29 is 4.84 Å². The fourth-order valence-corrected chi connectivity index (χ4v) is 2.94. The van der Waals surface area contributed by atoms with Gasteiger partial charge in [0.25, 0.3) is 0 Å². The Morgan fingerprint density at radius 1 is 1.38 bits per heavy atom. The molecule has 86 valence electrons. The highest BCUT2D eigenvalue weighted by molar-refractivity contribution is 9.10. The number of hydrogen-bond acceptors (Lipinski definition) is 3. The van der Waals surface area contributed by atoms with Crippen molar-refractivity contribution in [2.24, 2.45) is 5.92 Å². The van der Waals surface area contributed by atoms with Gasteiger partial charge in [0.2, 0.25) is 0 Å². The van der Waals surface area contributed by atoms with E-state index < -0.39 is 0 Å². The highest BCUT2D eigenvalue weighted by atomic mass is 79.9. The first-order valence-electron chi connectivity index (χ1n) is 5.69. The van der Waals surface area contributed by atoms with Crippen LogP contribution < -0.4 is 10.8 Å². The van der Waals surface area contributed by atoms with Gasteiger partial charge >= 0.3 is 0 Å². The van der Waals surface area contributed by atoms with E-state index in [0.29, 0.717) is 18.0 Å². The van der Waals surface area contributed by atoms with Gasteiger partial charge < -0.3 is 10.2 Å². The average molecular weight is 283 g/mol. The molecule has 4 heteroatoms. The van der Waals surface area contributed by atoms with Gasteiger partial charge in [0.15, 0.2) is 0 Å². The van der Waals surface area contributed by atoms with Crippen molar-refractivity contribution in [3.8, 4) is 0 Å². The summed E-state index contributed by atoms with van der Waals surface area (Å²) >= 11 is 3.52. The molecule has 2 aliphatic rings. The minimum atomic E-state index is 0.438. The zero-order valence-electron chi connectivity index (χ0n) is 8.95. The van der Waals surface area contributed by atoms with Crippen LogP contribution in [0.2, 0.25) is 0 Å². The molecule has 0 spiro atoms. The first-order chi connectivity index (χ1) is 7.83. The molecule has 0 saturated carbocycles. The van der Waals surface area contributed by atoms with Crippen LogP contribution in [0.4, 0.5) is 0 Å². The van der Waals surface area contributed by atoms with Crippen molar-refractivity contribution in [2.75, 3.05) is 13.2 Å². The molecule has 2 heterocycles. The van der Waals surface area contributed by atoms with Gasteiger partial charge in [0.1, 0.15) is 0 Å². The van der Waals surface area contributed by atoms with E-state index in [-0.39, 0.29) is 0 Å². The molecule has 3 atom stereocenters. The second kappa shape index (κ2) is 4.45. The van der Waals surface area contributed by atoms with E-state index in [2.05, 4.69) is 51.0 Å². The fourth-order valence-electron chi connectivity index (χ4n) is 2.52. The Balaban J connectivity index is 1.76. The van der Waals surface area contributed by atoms with Gasteiger partial charge in [0.05, 0.1) is 6.61 Å². The molecule has 0 aliphatic carbocycles. The maximum Gasteiger partial charge on any atom is 0.0738 e. The van der Waals surface area contributed by atoms with Crippen LogP contribution >= 0.6 is 15.9 Å². The number of halogens is 1. The Kier molecular flexibility index (Phi) is 2.98. The quantitative estimate of drug-likeness (QED) is 0.827. The summed E-state index contributed by atoms with van der Waals surface area (Å²) in [4.78, 5) is 5.30. The molecular weight excluding hydrogens is 268 g/mol. The van der Waals surface area contributed by atoms with Gasteiger partial charge in [-0.15, -0.1) is 0 Å². The topological polar surface area (TPSA) is 33.3 Å². The molecular formula is C12H15BrN2O. The molecule has 3 rings (SSSR count). The van der Waals surface area contributed by atoms with Crippen molar-refractivity contribution in [1.82, 2.24) is 10.8 Å². The summed E-state index contributed by atoms with van der Waals surface area (Å²) < 4.78 is 1.14. The number of hydrogen-bond donors (Lipinski definition) is 2. The molecule has 16 heavy (non-hydrogen) atoms. The predicted molar refractivity (Wildman–Crippen MR) is 65.9 cm³/mol. The highest BCUT2D eigenvalue weighted by Gasteiger charge is 2.34. The van der Waals surface area contributed by atoms with Crippen LogP contribution in [0.1, 0.15) is 18.0 Å². The third-order valence-electron chi connectivity index (χ3n) is 3.47. The summed E-state index contributed by atoms with van der Waals surface area (Å²) in [7, 11) is 0. The number of rotatable bonds is 1. The first kappa shape index (κ1) is 10.7. The monoisotopic (exact) mass is 282 g/mol. The van der Waals surface area contributed by atoms with Crippen LogP contribution in [0.5, 0.6) is 0 Å². The van der Waals surface area contributed by atoms with Gasteiger partial charge in [-0.2, -0.15) is 5.48 Å². The molecule has 0 aromatic heterocycles. The minimum absolute atomic E-state index is 0.438. The third-order valence-corrected chi connectivity index (χ3v) is 3.96. The Morgan fingerprint density at radius 2 is 2.31 bits per heavy atom. The van der Waals surface area contributed by atoms with Crippen LogP contribution in [0.25, 0.3) is 0 Å². The van der Waals surface area contributed by atoms with Gasteiger partial charge in [-0.3, -0.25) is 0 Å². The largest absolute Gasteiger partial charge is 0.309 e. The van der Waals surface area contributed by atoms with Crippen LogP contribution in [-0.2, 0) is 4.84 Å². The molecule has 1 aromatic carbocycles. The molecule has 1 aromatic rings. The Bertz CT molecular complexity index is 385. The summed E-state index contributed by atoms with van der Waals surface area (Å²) in [5.41, 5.74) is 4.47. The van der Waals surface area contributed by atoms with Crippen molar-refractivity contribution >= 4 is 15.9 Å². The van der Waals surface area contributed by atoms with Gasteiger partial charge in [-0.05, 0) is 24.1 Å². The summed E-state index contributed by atoms with van der Waals surface area (Å²) in [6, 6.07) is 9.46. The second-order valence-corrected chi connectivity index (χ2v) is 5.46. The van der Waals surface area contributed by atoms with E-state index in [9.17, 15) is 0 Å².